The molecule has 1 atom stereocenters. The normalized spacial score (nSPS) is 13.3. The zero-order valence-corrected chi connectivity index (χ0v) is 9.96. The monoisotopic (exact) mass is 288 g/mol. The number of aliphatic hydroxyl groups is 1. The van der Waals surface area contributed by atoms with Crippen molar-refractivity contribution >= 4 is 0 Å². The summed E-state index contributed by atoms with van der Waals surface area (Å²) in [6, 6.07) is 6.16. The highest BCUT2D eigenvalue weighted by Crippen LogP contribution is 2.36. The summed E-state index contributed by atoms with van der Waals surface area (Å²) in [7, 11) is 0. The van der Waals surface area contributed by atoms with E-state index in [1.807, 2.05) is 0 Å². The van der Waals surface area contributed by atoms with E-state index < -0.39 is 35.0 Å². The van der Waals surface area contributed by atoms with Gasteiger partial charge >= 0.3 is 6.18 Å². The van der Waals surface area contributed by atoms with Gasteiger partial charge in [0.1, 0.15) is 17.7 Å². The van der Waals surface area contributed by atoms with E-state index >= 15 is 0 Å². The van der Waals surface area contributed by atoms with Crippen molar-refractivity contribution in [2.45, 2.75) is 12.3 Å². The number of aliphatic hydroxyl groups excluding tert-OH is 1. The van der Waals surface area contributed by atoms with E-state index in [9.17, 15) is 27.1 Å². The van der Waals surface area contributed by atoms with Crippen molar-refractivity contribution in [3.63, 3.8) is 0 Å². The summed E-state index contributed by atoms with van der Waals surface area (Å²) in [4.78, 5) is 0. The molecule has 2 rings (SSSR count). The molecule has 0 spiro atoms. The third-order valence-corrected chi connectivity index (χ3v) is 2.80. The first-order chi connectivity index (χ1) is 9.29. The van der Waals surface area contributed by atoms with Crippen molar-refractivity contribution in [2.75, 3.05) is 0 Å². The molecule has 106 valence electrons. The van der Waals surface area contributed by atoms with Crippen LogP contribution >= 0.6 is 0 Å². The van der Waals surface area contributed by atoms with Crippen LogP contribution in [0.25, 0.3) is 0 Å². The van der Waals surface area contributed by atoms with Gasteiger partial charge < -0.3 is 5.11 Å². The Morgan fingerprint density at radius 2 is 1.40 bits per heavy atom. The molecule has 2 aromatic rings. The molecule has 0 bridgehead atoms. The Balaban J connectivity index is 2.50. The maximum absolute atomic E-state index is 13.1. The minimum atomic E-state index is -4.72. The number of hydrogen-bond donors (Lipinski definition) is 1. The fourth-order valence-corrected chi connectivity index (χ4v) is 1.84. The van der Waals surface area contributed by atoms with Gasteiger partial charge in [-0.15, -0.1) is 0 Å². The first-order valence-electron chi connectivity index (χ1n) is 5.59. The van der Waals surface area contributed by atoms with E-state index in [0.29, 0.717) is 18.2 Å². The quantitative estimate of drug-likeness (QED) is 0.826. The van der Waals surface area contributed by atoms with Gasteiger partial charge in [-0.1, -0.05) is 12.1 Å². The maximum atomic E-state index is 13.1. The SMILES string of the molecule is OC(c1ccc(F)cc1)c1cc(F)ccc1C(F)(F)F. The first kappa shape index (κ1) is 14.5. The first-order valence-corrected chi connectivity index (χ1v) is 5.59. The van der Waals surface area contributed by atoms with E-state index in [4.69, 9.17) is 0 Å². The Kier molecular flexibility index (Phi) is 3.76. The number of rotatable bonds is 2. The molecule has 0 aliphatic rings. The molecular formula is C14H9F5O. The molecule has 0 aliphatic heterocycles. The van der Waals surface area contributed by atoms with Gasteiger partial charge in [-0.05, 0) is 35.9 Å². The molecule has 2 aromatic carbocycles. The highest BCUT2D eigenvalue weighted by molar-refractivity contribution is 5.38. The van der Waals surface area contributed by atoms with Gasteiger partial charge in [-0.2, -0.15) is 13.2 Å². The van der Waals surface area contributed by atoms with Crippen molar-refractivity contribution in [1.29, 1.82) is 0 Å². The molecular weight excluding hydrogens is 279 g/mol. The Morgan fingerprint density at radius 3 is 1.95 bits per heavy atom. The molecule has 0 amide bonds. The summed E-state index contributed by atoms with van der Waals surface area (Å²) in [5.41, 5.74) is -1.69. The summed E-state index contributed by atoms with van der Waals surface area (Å²) in [5.74, 6) is -1.48. The molecule has 0 aliphatic carbocycles. The molecule has 0 saturated carbocycles. The van der Waals surface area contributed by atoms with Crippen LogP contribution in [0.4, 0.5) is 22.0 Å². The summed E-state index contributed by atoms with van der Waals surface area (Å²) < 4.78 is 64.4. The molecule has 1 N–H and O–H groups in total. The predicted molar refractivity (Wildman–Crippen MR) is 61.9 cm³/mol. The van der Waals surface area contributed by atoms with Crippen molar-refractivity contribution in [2.24, 2.45) is 0 Å². The van der Waals surface area contributed by atoms with Crippen LogP contribution in [0.3, 0.4) is 0 Å². The van der Waals surface area contributed by atoms with Crippen molar-refractivity contribution in [3.8, 4) is 0 Å². The Morgan fingerprint density at radius 1 is 0.850 bits per heavy atom. The smallest absolute Gasteiger partial charge is 0.384 e. The summed E-state index contributed by atoms with van der Waals surface area (Å²) in [5, 5.41) is 9.96. The van der Waals surface area contributed by atoms with Crippen molar-refractivity contribution in [3.05, 3.63) is 70.8 Å². The Labute approximate surface area is 111 Å². The van der Waals surface area contributed by atoms with Crippen LogP contribution in [-0.4, -0.2) is 5.11 Å². The molecule has 0 aromatic heterocycles. The number of benzene rings is 2. The number of hydrogen-bond acceptors (Lipinski definition) is 1. The van der Waals surface area contributed by atoms with Crippen LogP contribution in [0, 0.1) is 11.6 Å². The number of alkyl halides is 3. The van der Waals surface area contributed by atoms with Gasteiger partial charge in [0.2, 0.25) is 0 Å². The summed E-state index contributed by atoms with van der Waals surface area (Å²) in [6.07, 6.45) is -6.41. The van der Waals surface area contributed by atoms with E-state index in [1.165, 1.54) is 0 Å². The molecule has 0 saturated heterocycles. The largest absolute Gasteiger partial charge is 0.416 e. The molecule has 6 heteroatoms. The minimum absolute atomic E-state index is 0.0440. The van der Waals surface area contributed by atoms with Crippen LogP contribution in [0.2, 0.25) is 0 Å². The molecule has 20 heavy (non-hydrogen) atoms. The van der Waals surface area contributed by atoms with Crippen molar-refractivity contribution < 1.29 is 27.1 Å². The van der Waals surface area contributed by atoms with Crippen LogP contribution < -0.4 is 0 Å². The van der Waals surface area contributed by atoms with Crippen LogP contribution in [0.1, 0.15) is 22.8 Å². The van der Waals surface area contributed by atoms with E-state index in [2.05, 4.69) is 0 Å². The van der Waals surface area contributed by atoms with Gasteiger partial charge in [0.25, 0.3) is 0 Å². The van der Waals surface area contributed by atoms with E-state index in [1.54, 1.807) is 0 Å². The summed E-state index contributed by atoms with van der Waals surface area (Å²) >= 11 is 0. The van der Waals surface area contributed by atoms with Gasteiger partial charge in [0.15, 0.2) is 0 Å². The highest BCUT2D eigenvalue weighted by Gasteiger charge is 2.35. The zero-order chi connectivity index (χ0) is 14.9. The van der Waals surface area contributed by atoms with Gasteiger partial charge in [-0.25, -0.2) is 8.78 Å². The average molecular weight is 288 g/mol. The molecule has 0 heterocycles. The lowest BCUT2D eigenvalue weighted by Crippen LogP contribution is -2.13. The topological polar surface area (TPSA) is 20.2 Å². The van der Waals surface area contributed by atoms with E-state index in [-0.39, 0.29) is 5.56 Å². The van der Waals surface area contributed by atoms with E-state index in [0.717, 1.165) is 24.3 Å². The number of halogens is 5. The second-order valence-electron chi connectivity index (χ2n) is 4.18. The van der Waals surface area contributed by atoms with Gasteiger partial charge in [-0.3, -0.25) is 0 Å². The van der Waals surface area contributed by atoms with Gasteiger partial charge in [0.05, 0.1) is 5.56 Å². The molecule has 1 unspecified atom stereocenters. The fraction of sp³-hybridized carbons (Fsp3) is 0.143. The lowest BCUT2D eigenvalue weighted by Gasteiger charge is -2.18. The third kappa shape index (κ3) is 2.96. The lowest BCUT2D eigenvalue weighted by molar-refractivity contribution is -0.139. The summed E-state index contributed by atoms with van der Waals surface area (Å²) in [6.45, 7) is 0. The van der Waals surface area contributed by atoms with Crippen LogP contribution in [-0.2, 0) is 6.18 Å². The Hall–Kier alpha value is -1.95. The Bertz CT molecular complexity index is 604. The van der Waals surface area contributed by atoms with Crippen molar-refractivity contribution in [1.82, 2.24) is 0 Å². The second-order valence-corrected chi connectivity index (χ2v) is 4.18. The second kappa shape index (κ2) is 5.20. The molecule has 1 nitrogen and oxygen atoms in total. The van der Waals surface area contributed by atoms with Gasteiger partial charge in [0, 0.05) is 5.56 Å². The predicted octanol–water partition coefficient (Wildman–Crippen LogP) is 4.07. The maximum Gasteiger partial charge on any atom is 0.416 e. The zero-order valence-electron chi connectivity index (χ0n) is 9.96. The van der Waals surface area contributed by atoms with Crippen LogP contribution in [0.15, 0.2) is 42.5 Å². The lowest BCUT2D eigenvalue weighted by atomic mass is 9.96. The highest BCUT2D eigenvalue weighted by atomic mass is 19.4. The average Bonchev–Trinajstić information content (AvgIpc) is 2.37. The minimum Gasteiger partial charge on any atom is -0.384 e. The fourth-order valence-electron chi connectivity index (χ4n) is 1.84. The standard InChI is InChI=1S/C14H9F5O/c15-9-3-1-8(2-4-9)13(20)11-7-10(16)5-6-12(11)14(17,18)19/h1-7,13,20H. The molecule has 0 radical (unpaired) electrons. The van der Waals surface area contributed by atoms with Crippen LogP contribution in [0.5, 0.6) is 0 Å². The molecule has 0 fully saturated rings. The third-order valence-electron chi connectivity index (χ3n) is 2.80.